The van der Waals surface area contributed by atoms with Gasteiger partial charge in [0.2, 0.25) is 0 Å². The van der Waals surface area contributed by atoms with Gasteiger partial charge in [0, 0.05) is 34.2 Å². The molecule has 0 aliphatic carbocycles. The molecule has 1 atom stereocenters. The Labute approximate surface area is 200 Å². The van der Waals surface area contributed by atoms with E-state index in [2.05, 4.69) is 4.98 Å². The summed E-state index contributed by atoms with van der Waals surface area (Å²) in [4.78, 5) is 30.9. The fraction of sp³-hybridized carbons (Fsp3) is 0.111. The van der Waals surface area contributed by atoms with E-state index in [-0.39, 0.29) is 23.4 Å². The minimum atomic E-state index is -0.871. The monoisotopic (exact) mass is 474 g/mol. The van der Waals surface area contributed by atoms with Crippen LogP contribution in [0.3, 0.4) is 0 Å². The summed E-state index contributed by atoms with van der Waals surface area (Å²) in [6.45, 7) is 0.239. The lowest BCUT2D eigenvalue weighted by Crippen LogP contribution is -2.31. The van der Waals surface area contributed by atoms with Crippen molar-refractivity contribution in [2.75, 3.05) is 6.54 Å². The number of benzene rings is 3. The van der Waals surface area contributed by atoms with Crippen LogP contribution in [0.25, 0.3) is 16.7 Å². The van der Waals surface area contributed by atoms with Crippen LogP contribution in [0.2, 0.25) is 5.02 Å². The van der Waals surface area contributed by atoms with Crippen LogP contribution >= 0.6 is 11.6 Å². The van der Waals surface area contributed by atoms with Crippen molar-refractivity contribution in [3.05, 3.63) is 112 Å². The Morgan fingerprint density at radius 3 is 2.47 bits per heavy atom. The zero-order valence-corrected chi connectivity index (χ0v) is 18.7. The first-order valence-corrected chi connectivity index (χ1v) is 11.2. The molecular weight excluding hydrogens is 455 g/mol. The second kappa shape index (κ2) is 8.80. The SMILES string of the molecule is O=C1C(=O)N(CCc2c[nH]c3ccccc23)C(c2ccccc2Cl)/C1=C(/O)c1ccc(F)cc1. The van der Waals surface area contributed by atoms with Crippen LogP contribution in [0.4, 0.5) is 4.39 Å². The predicted molar refractivity (Wildman–Crippen MR) is 129 cm³/mol. The maximum atomic E-state index is 13.4. The Morgan fingerprint density at radius 2 is 1.71 bits per heavy atom. The highest BCUT2D eigenvalue weighted by atomic mass is 35.5. The second-order valence-corrected chi connectivity index (χ2v) is 8.54. The van der Waals surface area contributed by atoms with E-state index in [4.69, 9.17) is 11.6 Å². The van der Waals surface area contributed by atoms with Gasteiger partial charge < -0.3 is 15.0 Å². The maximum absolute atomic E-state index is 13.4. The third kappa shape index (κ3) is 3.76. The molecular formula is C27H20ClFN2O3. The number of likely N-dealkylation sites (tertiary alicyclic amines) is 1. The number of aliphatic hydroxyl groups excluding tert-OH is 1. The van der Waals surface area contributed by atoms with Crippen LogP contribution < -0.4 is 0 Å². The minimum absolute atomic E-state index is 0.0661. The molecule has 4 aromatic rings. The molecule has 2 heterocycles. The normalized spacial score (nSPS) is 17.6. The molecule has 0 spiro atoms. The average Bonchev–Trinajstić information content (AvgIpc) is 3.37. The van der Waals surface area contributed by atoms with Crippen LogP contribution in [0, 0.1) is 5.82 Å². The first-order chi connectivity index (χ1) is 16.5. The summed E-state index contributed by atoms with van der Waals surface area (Å²) in [7, 11) is 0. The minimum Gasteiger partial charge on any atom is -0.507 e. The van der Waals surface area contributed by atoms with Crippen molar-refractivity contribution in [1.29, 1.82) is 0 Å². The van der Waals surface area contributed by atoms with Gasteiger partial charge in [-0.05, 0) is 53.9 Å². The van der Waals surface area contributed by atoms with E-state index < -0.39 is 23.5 Å². The molecule has 3 aromatic carbocycles. The number of para-hydroxylation sites is 1. The number of ketones is 1. The van der Waals surface area contributed by atoms with E-state index in [0.29, 0.717) is 17.0 Å². The number of aliphatic hydroxyl groups is 1. The number of amides is 1. The van der Waals surface area contributed by atoms with Crippen molar-refractivity contribution in [2.24, 2.45) is 0 Å². The standard InChI is InChI=1S/C27H20ClFN2O3/c28-21-7-3-1-6-20(21)24-23(25(32)16-9-11-18(29)12-10-16)26(33)27(34)31(24)14-13-17-15-30-22-8-4-2-5-19(17)22/h1-12,15,24,30,32H,13-14H2/b25-23-. The fourth-order valence-corrected chi connectivity index (χ4v) is 4.71. The number of carbonyl (C=O) groups is 2. The number of fused-ring (bicyclic) bond motifs is 1. The van der Waals surface area contributed by atoms with Gasteiger partial charge >= 0.3 is 0 Å². The van der Waals surface area contributed by atoms with Gasteiger partial charge in [-0.25, -0.2) is 4.39 Å². The molecule has 7 heteroatoms. The van der Waals surface area contributed by atoms with Crippen LogP contribution in [0.1, 0.15) is 22.7 Å². The molecule has 1 aliphatic rings. The second-order valence-electron chi connectivity index (χ2n) is 8.13. The predicted octanol–water partition coefficient (Wildman–Crippen LogP) is 5.62. The molecule has 1 aromatic heterocycles. The van der Waals surface area contributed by atoms with Gasteiger partial charge in [-0.2, -0.15) is 0 Å². The summed E-state index contributed by atoms with van der Waals surface area (Å²) in [6, 6.07) is 19.0. The molecule has 0 radical (unpaired) electrons. The summed E-state index contributed by atoms with van der Waals surface area (Å²) in [5, 5.41) is 12.5. The Bertz CT molecular complexity index is 1440. The highest BCUT2D eigenvalue weighted by molar-refractivity contribution is 6.47. The highest BCUT2D eigenvalue weighted by Crippen LogP contribution is 2.42. The van der Waals surface area contributed by atoms with Crippen molar-refractivity contribution in [3.63, 3.8) is 0 Å². The quantitative estimate of drug-likeness (QED) is 0.224. The highest BCUT2D eigenvalue weighted by Gasteiger charge is 2.46. The van der Waals surface area contributed by atoms with E-state index in [1.165, 1.54) is 29.2 Å². The first kappa shape index (κ1) is 21.9. The van der Waals surface area contributed by atoms with E-state index in [0.717, 1.165) is 16.5 Å². The number of hydrogen-bond acceptors (Lipinski definition) is 3. The lowest BCUT2D eigenvalue weighted by atomic mass is 9.95. The lowest BCUT2D eigenvalue weighted by Gasteiger charge is -2.26. The van der Waals surface area contributed by atoms with Crippen LogP contribution in [-0.2, 0) is 16.0 Å². The Morgan fingerprint density at radius 1 is 1.00 bits per heavy atom. The number of aromatic nitrogens is 1. The summed E-state index contributed by atoms with van der Waals surface area (Å²) >= 11 is 6.47. The van der Waals surface area contributed by atoms with Gasteiger partial charge in [0.05, 0.1) is 11.6 Å². The molecule has 1 aliphatic heterocycles. The average molecular weight is 475 g/mol. The third-order valence-electron chi connectivity index (χ3n) is 6.15. The molecule has 34 heavy (non-hydrogen) atoms. The third-order valence-corrected chi connectivity index (χ3v) is 6.50. The molecule has 170 valence electrons. The zero-order valence-electron chi connectivity index (χ0n) is 18.0. The van der Waals surface area contributed by atoms with Crippen LogP contribution in [-0.4, -0.2) is 33.2 Å². The van der Waals surface area contributed by atoms with Crippen molar-refractivity contribution >= 4 is 40.0 Å². The molecule has 1 saturated heterocycles. The Kier molecular flexibility index (Phi) is 5.67. The molecule has 1 amide bonds. The summed E-state index contributed by atoms with van der Waals surface area (Å²) < 4.78 is 13.4. The van der Waals surface area contributed by atoms with Gasteiger partial charge in [-0.15, -0.1) is 0 Å². The van der Waals surface area contributed by atoms with Crippen molar-refractivity contribution in [1.82, 2.24) is 9.88 Å². The van der Waals surface area contributed by atoms with E-state index in [9.17, 15) is 19.1 Å². The number of Topliss-reactive ketones (excluding diaryl/α,β-unsaturated/α-hetero) is 1. The number of H-pyrrole nitrogens is 1. The number of carbonyl (C=O) groups excluding carboxylic acids is 2. The van der Waals surface area contributed by atoms with Crippen molar-refractivity contribution in [3.8, 4) is 0 Å². The van der Waals surface area contributed by atoms with Gasteiger partial charge in [-0.1, -0.05) is 48.0 Å². The summed E-state index contributed by atoms with van der Waals surface area (Å²) in [5.41, 5.74) is 2.70. The largest absolute Gasteiger partial charge is 0.507 e. The zero-order chi connectivity index (χ0) is 23.8. The van der Waals surface area contributed by atoms with E-state index in [1.807, 2.05) is 30.5 Å². The van der Waals surface area contributed by atoms with E-state index >= 15 is 0 Å². The maximum Gasteiger partial charge on any atom is 0.295 e. The Hall–Kier alpha value is -3.90. The molecule has 2 N–H and O–H groups in total. The summed E-state index contributed by atoms with van der Waals surface area (Å²) in [5.74, 6) is -2.35. The topological polar surface area (TPSA) is 73.4 Å². The van der Waals surface area contributed by atoms with Crippen molar-refractivity contribution < 1.29 is 19.1 Å². The van der Waals surface area contributed by atoms with Gasteiger partial charge in [0.25, 0.3) is 11.7 Å². The van der Waals surface area contributed by atoms with Crippen LogP contribution in [0.15, 0.2) is 84.6 Å². The van der Waals surface area contributed by atoms with Crippen molar-refractivity contribution in [2.45, 2.75) is 12.5 Å². The Balaban J connectivity index is 1.58. The molecule has 5 nitrogen and oxygen atoms in total. The molecule has 1 unspecified atom stereocenters. The summed E-state index contributed by atoms with van der Waals surface area (Å²) in [6.07, 6.45) is 2.39. The van der Waals surface area contributed by atoms with Crippen LogP contribution in [0.5, 0.6) is 0 Å². The van der Waals surface area contributed by atoms with E-state index in [1.54, 1.807) is 24.3 Å². The lowest BCUT2D eigenvalue weighted by molar-refractivity contribution is -0.139. The number of nitrogens with zero attached hydrogens (tertiary/aromatic N) is 1. The molecule has 1 fully saturated rings. The fourth-order valence-electron chi connectivity index (χ4n) is 4.47. The number of aromatic amines is 1. The molecule has 0 bridgehead atoms. The number of rotatable bonds is 5. The van der Waals surface area contributed by atoms with Gasteiger partial charge in [-0.3, -0.25) is 9.59 Å². The molecule has 5 rings (SSSR count). The number of halogens is 2. The number of nitrogens with one attached hydrogen (secondary N) is 1. The molecule has 0 saturated carbocycles. The van der Waals surface area contributed by atoms with Gasteiger partial charge in [0.15, 0.2) is 0 Å². The number of hydrogen-bond donors (Lipinski definition) is 2. The first-order valence-electron chi connectivity index (χ1n) is 10.8. The van der Waals surface area contributed by atoms with Gasteiger partial charge in [0.1, 0.15) is 11.6 Å². The smallest absolute Gasteiger partial charge is 0.295 e.